The number of rotatable bonds is 15. The van der Waals surface area contributed by atoms with Crippen LogP contribution in [0, 0.1) is 0 Å². The largest absolute Gasteiger partial charge is 0.355 e. The fourth-order valence-electron chi connectivity index (χ4n) is 8.10. The zero-order valence-corrected chi connectivity index (χ0v) is 51.0. The quantitative estimate of drug-likeness (QED) is 0.0453. The Kier molecular flexibility index (Phi) is 36.7. The van der Waals surface area contributed by atoms with Gasteiger partial charge in [-0.05, 0) is 127 Å². The van der Waals surface area contributed by atoms with E-state index in [1.54, 1.807) is 6.26 Å². The van der Waals surface area contributed by atoms with Crippen LogP contribution in [0.1, 0.15) is 96.3 Å². The summed E-state index contributed by atoms with van der Waals surface area (Å²) in [6.07, 6.45) is 20.8. The number of alkyl halides is 3. The third-order valence-electron chi connectivity index (χ3n) is 11.6. The van der Waals surface area contributed by atoms with Crippen LogP contribution in [-0.4, -0.2) is 108 Å². The third-order valence-corrected chi connectivity index (χ3v) is 13.3. The molecule has 6 aromatic rings. The Labute approximate surface area is 476 Å². The number of aromatic amines is 1. The van der Waals surface area contributed by atoms with Crippen molar-refractivity contribution in [3.8, 4) is 0 Å². The Balaban J connectivity index is 0.000000199. The first-order chi connectivity index (χ1) is 35.6. The van der Waals surface area contributed by atoms with Crippen LogP contribution in [0.4, 0.5) is 0 Å². The molecule has 0 bridgehead atoms. The first kappa shape index (κ1) is 63.2. The van der Waals surface area contributed by atoms with Crippen LogP contribution < -0.4 is 17.0 Å². The summed E-state index contributed by atoms with van der Waals surface area (Å²) in [5, 5.41) is 16.2. The number of aliphatic hydroxyl groups is 1. The van der Waals surface area contributed by atoms with Crippen molar-refractivity contribution < 1.29 is 55.3 Å². The van der Waals surface area contributed by atoms with Crippen LogP contribution in [-0.2, 0) is 39.7 Å². The zero-order valence-electron chi connectivity index (χ0n) is 41.9. The molecule has 3 saturated heterocycles. The van der Waals surface area contributed by atoms with Crippen molar-refractivity contribution in [2.75, 3.05) is 68.8 Å². The minimum atomic E-state index is 0.0156. The Morgan fingerprint density at radius 1 is 0.569 bits per heavy atom. The molecular weight excluding hydrogens is 1330 g/mol. The molecule has 3 unspecified atom stereocenters. The molecule has 2 radical (unpaired) electrons. The monoisotopic (exact) mass is 1410 g/mol. The molecule has 6 heterocycles. The molecule has 2 aromatic heterocycles. The van der Waals surface area contributed by atoms with E-state index in [1.165, 1.54) is 95.0 Å². The average Bonchev–Trinajstić information content (AvgIpc) is 3.98. The Morgan fingerprint density at radius 2 is 0.986 bits per heavy atom. The van der Waals surface area contributed by atoms with Gasteiger partial charge in [-0.25, -0.2) is 0 Å². The van der Waals surface area contributed by atoms with Crippen LogP contribution in [0.3, 0.4) is 0 Å². The van der Waals surface area contributed by atoms with Crippen LogP contribution >= 0.6 is 66.4 Å². The predicted octanol–water partition coefficient (Wildman–Crippen LogP) is 12.3. The van der Waals surface area contributed by atoms with Gasteiger partial charge in [0.2, 0.25) is 0 Å². The second-order valence-electron chi connectivity index (χ2n) is 17.1. The van der Waals surface area contributed by atoms with E-state index in [0.29, 0.717) is 6.61 Å². The molecule has 4 aliphatic rings. The van der Waals surface area contributed by atoms with Gasteiger partial charge in [-0.15, -0.1) is 0 Å². The number of aliphatic hydroxyl groups excluding tert-OH is 1. The molecule has 3 atom stereocenters. The SMILES string of the molecule is BrCCCOC1CCCCO1.BrCCCOC1CCCCO1.C1=COCCC1.OCCCBr.[B][I-]I.c1ccc2c(c1)[nH]c1ccccc12.c1ccc2c(c1)c1ccccc1n2CCCOC1CCCCO1. The summed E-state index contributed by atoms with van der Waals surface area (Å²) in [5.41, 5.74) is 9.98. The minimum absolute atomic E-state index is 0.0156. The summed E-state index contributed by atoms with van der Waals surface area (Å²) < 4.78 is 40.5. The maximum atomic E-state index is 8.04. The fraction of sp³-hybridized carbons (Fsp3) is 0.536. The smallest absolute Gasteiger partial charge is 0.157 e. The van der Waals surface area contributed by atoms with Gasteiger partial charge in [-0.3, -0.25) is 0 Å². The van der Waals surface area contributed by atoms with Crippen molar-refractivity contribution in [3.63, 3.8) is 0 Å². The van der Waals surface area contributed by atoms with E-state index in [1.807, 2.05) is 6.08 Å². The number of hydrogen-bond donors (Lipinski definition) is 2. The normalized spacial score (nSPS) is 18.3. The number of allylic oxidation sites excluding steroid dienone is 1. The molecule has 72 heavy (non-hydrogen) atoms. The molecule has 2 N–H and O–H groups in total. The summed E-state index contributed by atoms with van der Waals surface area (Å²) in [4.78, 5) is 3.38. The number of nitrogens with zero attached hydrogens (tertiary/aromatic N) is 1. The van der Waals surface area contributed by atoms with Gasteiger partial charge in [0.05, 0.1) is 32.7 Å². The molecule has 398 valence electrons. The van der Waals surface area contributed by atoms with Gasteiger partial charge in [-0.2, -0.15) is 0 Å². The molecular formula is C56H77BBr3I2N2O8-. The van der Waals surface area contributed by atoms with Crippen molar-refractivity contribution in [1.82, 2.24) is 9.55 Å². The number of fused-ring (bicyclic) bond motifs is 6. The van der Waals surface area contributed by atoms with Gasteiger partial charge < -0.3 is 47.8 Å². The van der Waals surface area contributed by atoms with Gasteiger partial charge in [0, 0.05) is 92.6 Å². The topological polar surface area (TPSA) is 106 Å². The molecule has 0 saturated carbocycles. The van der Waals surface area contributed by atoms with Crippen molar-refractivity contribution in [3.05, 3.63) is 109 Å². The first-order valence-corrected chi connectivity index (χ1v) is 36.6. The van der Waals surface area contributed by atoms with Gasteiger partial charge in [0.25, 0.3) is 0 Å². The van der Waals surface area contributed by atoms with E-state index in [0.717, 1.165) is 114 Å². The number of nitrogens with one attached hydrogen (secondary N) is 1. The van der Waals surface area contributed by atoms with Crippen LogP contribution in [0.2, 0.25) is 0 Å². The molecule has 4 aromatic carbocycles. The first-order valence-electron chi connectivity index (χ1n) is 25.7. The van der Waals surface area contributed by atoms with E-state index in [4.69, 9.17) is 44.0 Å². The molecule has 4 aliphatic heterocycles. The van der Waals surface area contributed by atoms with Crippen LogP contribution in [0.15, 0.2) is 109 Å². The molecule has 0 amide bonds. The second kappa shape index (κ2) is 41.8. The summed E-state index contributed by atoms with van der Waals surface area (Å²) in [6.45, 7) is 7.16. The molecule has 10 rings (SSSR count). The van der Waals surface area contributed by atoms with Gasteiger partial charge >= 0.3 is 41.3 Å². The number of aromatic nitrogens is 2. The molecule has 10 nitrogen and oxygen atoms in total. The van der Waals surface area contributed by atoms with Gasteiger partial charge in [-0.1, -0.05) is 121 Å². The number of H-pyrrole nitrogens is 1. The van der Waals surface area contributed by atoms with Crippen molar-refractivity contribution >= 4 is 116 Å². The number of halogens is 5. The third kappa shape index (κ3) is 25.2. The molecule has 16 heteroatoms. The second-order valence-corrected chi connectivity index (χ2v) is 23.1. The van der Waals surface area contributed by atoms with Crippen molar-refractivity contribution in [1.29, 1.82) is 0 Å². The number of hydrogen-bond acceptors (Lipinski definition) is 8. The van der Waals surface area contributed by atoms with Crippen LogP contribution in [0.25, 0.3) is 43.6 Å². The van der Waals surface area contributed by atoms with Gasteiger partial charge in [0.1, 0.15) is 0 Å². The summed E-state index contributed by atoms with van der Waals surface area (Å²) in [5.74, 6) is 0. The Bertz CT molecular complexity index is 2130. The van der Waals surface area contributed by atoms with Gasteiger partial charge in [0.15, 0.2) is 18.9 Å². The van der Waals surface area contributed by atoms with Crippen molar-refractivity contribution in [2.24, 2.45) is 0 Å². The summed E-state index contributed by atoms with van der Waals surface area (Å²) in [6, 6.07) is 34.1. The molecule has 0 aliphatic carbocycles. The predicted molar refractivity (Wildman–Crippen MR) is 315 cm³/mol. The number of para-hydroxylation sites is 4. The number of benzene rings is 4. The van der Waals surface area contributed by atoms with E-state index in [2.05, 4.69) is 173 Å². The maximum absolute atomic E-state index is 8.04. The number of ether oxygens (including phenoxy) is 7. The zero-order chi connectivity index (χ0) is 51.1. The van der Waals surface area contributed by atoms with E-state index < -0.39 is 0 Å². The van der Waals surface area contributed by atoms with Crippen molar-refractivity contribution in [2.45, 2.75) is 122 Å². The van der Waals surface area contributed by atoms with E-state index >= 15 is 0 Å². The Morgan fingerprint density at radius 3 is 1.32 bits per heavy atom. The van der Waals surface area contributed by atoms with E-state index in [9.17, 15) is 0 Å². The van der Waals surface area contributed by atoms with E-state index in [-0.39, 0.29) is 35.9 Å². The fourth-order valence-corrected chi connectivity index (χ4v) is 8.80. The summed E-state index contributed by atoms with van der Waals surface area (Å²) in [7, 11) is 0. The summed E-state index contributed by atoms with van der Waals surface area (Å²) >= 11 is 12.1. The standard InChI is InChI=1S/C20H23NO2.C12H9N.2C8H15BrO2.C5H8O.C3H7BrO.BI2/c1-3-10-18-16(8-1)17-9-2-4-11-19(17)21(18)13-7-15-23-20-12-5-6-14-22-20;1-3-7-11-9(5-1)10-6-2-4-8-12(10)13-11;2*9-5-3-7-11-8-4-1-2-6-10-8;1-2-4-6-5-3-1;4-2-1-3-5;1-3-2/h1-4,8-11,20H,5-7,12-15H2;1-8,13H;2*8H,1-7H2;2,4H,1,3,5H2;5H,1-3H2;/q;;;;;;-1. The Hall–Kier alpha value is -1.30. The van der Waals surface area contributed by atoms with Crippen LogP contribution in [0.5, 0.6) is 0 Å². The average molecular weight is 1410 g/mol. The molecule has 3 fully saturated rings. The molecule has 0 spiro atoms. The minimum Gasteiger partial charge on any atom is -0.355 e. The maximum Gasteiger partial charge on any atom is 0.157 e. The number of aryl methyl sites for hydroxylation is 1.